The molecule has 1 N–H and O–H groups in total. The van der Waals surface area contributed by atoms with Crippen LogP contribution in [-0.4, -0.2) is 35.6 Å². The van der Waals surface area contributed by atoms with E-state index >= 15 is 0 Å². The molecule has 5 nitrogen and oxygen atoms in total. The fraction of sp³-hybridized carbons (Fsp3) is 0.400. The van der Waals surface area contributed by atoms with Crippen molar-refractivity contribution in [1.29, 1.82) is 0 Å². The quantitative estimate of drug-likeness (QED) is 0.921. The van der Waals surface area contributed by atoms with Crippen LogP contribution in [0, 0.1) is 0 Å². The van der Waals surface area contributed by atoms with Crippen molar-refractivity contribution < 1.29 is 9.84 Å². The summed E-state index contributed by atoms with van der Waals surface area (Å²) in [5.74, 6) is 0.609. The Hall–Kier alpha value is -2.01. The van der Waals surface area contributed by atoms with E-state index in [1.54, 1.807) is 18.0 Å². The van der Waals surface area contributed by atoms with Crippen LogP contribution in [0.5, 0.6) is 5.75 Å². The second-order valence-electron chi connectivity index (χ2n) is 5.18. The lowest BCUT2D eigenvalue weighted by Crippen LogP contribution is -2.12. The van der Waals surface area contributed by atoms with Gasteiger partial charge in [0.2, 0.25) is 0 Å². The summed E-state index contributed by atoms with van der Waals surface area (Å²) in [6.07, 6.45) is 1.92. The van der Waals surface area contributed by atoms with Crippen LogP contribution in [0.25, 0.3) is 0 Å². The van der Waals surface area contributed by atoms with Crippen LogP contribution in [0.2, 0.25) is 0 Å². The minimum absolute atomic E-state index is 0.609. The van der Waals surface area contributed by atoms with E-state index in [2.05, 4.69) is 29.2 Å². The molecule has 0 amide bonds. The van der Waals surface area contributed by atoms with E-state index in [1.165, 1.54) is 11.3 Å². The van der Waals surface area contributed by atoms with Crippen molar-refractivity contribution in [3.05, 3.63) is 41.2 Å². The Morgan fingerprint density at radius 3 is 2.90 bits per heavy atom. The molecule has 0 fully saturated rings. The molecule has 2 aromatic rings. The van der Waals surface area contributed by atoms with Crippen molar-refractivity contribution in [2.75, 3.05) is 25.6 Å². The molecule has 1 unspecified atom stereocenters. The maximum atomic E-state index is 10.6. The third-order valence-electron chi connectivity index (χ3n) is 3.98. The van der Waals surface area contributed by atoms with Gasteiger partial charge in [-0.3, -0.25) is 4.68 Å². The summed E-state index contributed by atoms with van der Waals surface area (Å²) in [5.41, 5.74) is 4.09. The average molecular weight is 273 g/mol. The minimum Gasteiger partial charge on any atom is -0.493 e. The lowest BCUT2D eigenvalue weighted by molar-refractivity contribution is 0.204. The van der Waals surface area contributed by atoms with Crippen LogP contribution >= 0.6 is 0 Å². The fourth-order valence-corrected chi connectivity index (χ4v) is 2.81. The number of nitrogens with zero attached hydrogens (tertiary/aromatic N) is 3. The lowest BCUT2D eigenvalue weighted by atomic mass is 10.0. The molecule has 0 radical (unpaired) electrons. The van der Waals surface area contributed by atoms with Gasteiger partial charge in [-0.05, 0) is 23.6 Å². The average Bonchev–Trinajstić information content (AvgIpc) is 3.01. The molecule has 0 saturated carbocycles. The summed E-state index contributed by atoms with van der Waals surface area (Å²) in [4.78, 5) is 2.23. The first-order valence-corrected chi connectivity index (χ1v) is 6.69. The highest BCUT2D eigenvalue weighted by atomic mass is 16.5. The number of aryl methyl sites for hydroxylation is 1. The largest absolute Gasteiger partial charge is 0.493 e. The Bertz CT molecular complexity index is 636. The molecule has 0 saturated heterocycles. The van der Waals surface area contributed by atoms with Crippen molar-refractivity contribution in [2.24, 2.45) is 7.05 Å². The molecule has 1 atom stereocenters. The van der Waals surface area contributed by atoms with Crippen LogP contribution in [0.3, 0.4) is 0 Å². The summed E-state index contributed by atoms with van der Waals surface area (Å²) in [7, 11) is 5.49. The van der Waals surface area contributed by atoms with Crippen molar-refractivity contribution >= 4 is 5.69 Å². The zero-order valence-corrected chi connectivity index (χ0v) is 12.0. The van der Waals surface area contributed by atoms with E-state index < -0.39 is 6.10 Å². The van der Waals surface area contributed by atoms with Crippen molar-refractivity contribution in [1.82, 2.24) is 9.78 Å². The topological polar surface area (TPSA) is 50.5 Å². The number of rotatable bonds is 3. The number of hydrogen-bond acceptors (Lipinski definition) is 4. The molecule has 1 aromatic carbocycles. The smallest absolute Gasteiger partial charge is 0.162 e. The number of hydrogen-bond donors (Lipinski definition) is 1. The van der Waals surface area contributed by atoms with Gasteiger partial charge in [-0.15, -0.1) is 0 Å². The Morgan fingerprint density at radius 2 is 2.15 bits per heavy atom. The highest BCUT2D eigenvalue weighted by Crippen LogP contribution is 2.33. The van der Waals surface area contributed by atoms with Gasteiger partial charge in [0.15, 0.2) is 5.75 Å². The predicted molar refractivity (Wildman–Crippen MR) is 77.2 cm³/mol. The predicted octanol–water partition coefficient (Wildman–Crippen LogP) is 1.50. The molecule has 1 aliphatic heterocycles. The Kier molecular flexibility index (Phi) is 3.14. The number of methoxy groups -OCH3 is 1. The molecule has 1 aliphatic rings. The van der Waals surface area contributed by atoms with Gasteiger partial charge in [0.1, 0.15) is 11.8 Å². The summed E-state index contributed by atoms with van der Waals surface area (Å²) >= 11 is 0. The van der Waals surface area contributed by atoms with Gasteiger partial charge >= 0.3 is 0 Å². The van der Waals surface area contributed by atoms with Crippen LogP contribution in [-0.2, 0) is 13.5 Å². The van der Waals surface area contributed by atoms with Crippen molar-refractivity contribution in [2.45, 2.75) is 12.5 Å². The van der Waals surface area contributed by atoms with Gasteiger partial charge in [-0.1, -0.05) is 12.1 Å². The van der Waals surface area contributed by atoms with Gasteiger partial charge in [0, 0.05) is 26.3 Å². The van der Waals surface area contributed by atoms with E-state index in [9.17, 15) is 5.11 Å². The molecule has 106 valence electrons. The van der Waals surface area contributed by atoms with Crippen LogP contribution in [0.4, 0.5) is 5.69 Å². The van der Waals surface area contributed by atoms with E-state index in [0.29, 0.717) is 11.4 Å². The van der Waals surface area contributed by atoms with Gasteiger partial charge in [0.25, 0.3) is 0 Å². The van der Waals surface area contributed by atoms with Crippen LogP contribution in [0.15, 0.2) is 24.4 Å². The maximum Gasteiger partial charge on any atom is 0.162 e. The van der Waals surface area contributed by atoms with Crippen LogP contribution < -0.4 is 9.64 Å². The summed E-state index contributed by atoms with van der Waals surface area (Å²) in [6, 6.07) is 6.12. The van der Waals surface area contributed by atoms with Gasteiger partial charge in [-0.25, -0.2) is 0 Å². The van der Waals surface area contributed by atoms with E-state index in [1.807, 2.05) is 13.1 Å². The monoisotopic (exact) mass is 273 g/mol. The highest BCUT2D eigenvalue weighted by Gasteiger charge is 2.23. The SMILES string of the molecule is COc1cnn(C)c1C(O)c1ccc2c(c1)CCN2C. The second-order valence-corrected chi connectivity index (χ2v) is 5.18. The van der Waals surface area contributed by atoms with E-state index in [-0.39, 0.29) is 0 Å². The number of anilines is 1. The molecular weight excluding hydrogens is 254 g/mol. The molecule has 2 heterocycles. The minimum atomic E-state index is -0.728. The van der Waals surface area contributed by atoms with E-state index in [4.69, 9.17) is 4.74 Å². The van der Waals surface area contributed by atoms with Crippen molar-refractivity contribution in [3.63, 3.8) is 0 Å². The number of aromatic nitrogens is 2. The summed E-state index contributed by atoms with van der Waals surface area (Å²) in [6.45, 7) is 1.03. The number of likely N-dealkylation sites (N-methyl/N-ethyl adjacent to an activating group) is 1. The normalized spacial score (nSPS) is 15.3. The standard InChI is InChI=1S/C15H19N3O2/c1-17-7-6-10-8-11(4-5-12(10)17)15(19)14-13(20-3)9-16-18(14)2/h4-5,8-9,15,19H,6-7H2,1-3H3. The van der Waals surface area contributed by atoms with Gasteiger partial charge < -0.3 is 14.7 Å². The molecule has 3 rings (SSSR count). The van der Waals surface area contributed by atoms with Gasteiger partial charge in [-0.2, -0.15) is 5.10 Å². The lowest BCUT2D eigenvalue weighted by Gasteiger charge is -2.16. The first-order chi connectivity index (χ1) is 9.61. The molecule has 1 aromatic heterocycles. The summed E-state index contributed by atoms with van der Waals surface area (Å²) < 4.78 is 6.92. The van der Waals surface area contributed by atoms with Crippen molar-refractivity contribution in [3.8, 4) is 5.75 Å². The Labute approximate surface area is 118 Å². The number of benzene rings is 1. The maximum absolute atomic E-state index is 10.6. The number of fused-ring (bicyclic) bond motifs is 1. The second kappa shape index (κ2) is 4.83. The van der Waals surface area contributed by atoms with Crippen LogP contribution in [0.1, 0.15) is 22.9 Å². The molecular formula is C15H19N3O2. The molecule has 5 heteroatoms. The number of aliphatic hydroxyl groups is 1. The zero-order chi connectivity index (χ0) is 14.3. The first kappa shape index (κ1) is 13.0. The third kappa shape index (κ3) is 1.94. The Morgan fingerprint density at radius 1 is 1.35 bits per heavy atom. The molecule has 20 heavy (non-hydrogen) atoms. The third-order valence-corrected chi connectivity index (χ3v) is 3.98. The van der Waals surface area contributed by atoms with Gasteiger partial charge in [0.05, 0.1) is 13.3 Å². The van der Waals surface area contributed by atoms with E-state index in [0.717, 1.165) is 18.5 Å². The fourth-order valence-electron chi connectivity index (χ4n) is 2.81. The zero-order valence-electron chi connectivity index (χ0n) is 12.0. The number of ether oxygens (including phenoxy) is 1. The number of aliphatic hydroxyl groups excluding tert-OH is 1. The Balaban J connectivity index is 1.99. The molecule has 0 bridgehead atoms. The first-order valence-electron chi connectivity index (χ1n) is 6.69. The summed E-state index contributed by atoms with van der Waals surface area (Å²) in [5, 5.41) is 14.8. The molecule has 0 spiro atoms. The molecule has 0 aliphatic carbocycles. The highest BCUT2D eigenvalue weighted by molar-refractivity contribution is 5.59.